The van der Waals surface area contributed by atoms with Crippen LogP contribution < -0.4 is 4.74 Å². The van der Waals surface area contributed by atoms with Crippen molar-refractivity contribution in [2.24, 2.45) is 0 Å². The lowest BCUT2D eigenvalue weighted by molar-refractivity contribution is 0.0521. The summed E-state index contributed by atoms with van der Waals surface area (Å²) in [6, 6.07) is 14.2. The van der Waals surface area contributed by atoms with Crippen LogP contribution in [0.5, 0.6) is 5.75 Å². The quantitative estimate of drug-likeness (QED) is 0.543. The Balaban J connectivity index is 2.35. The maximum Gasteiger partial charge on any atom is 0.342 e. The van der Waals surface area contributed by atoms with Crippen molar-refractivity contribution in [3.63, 3.8) is 0 Å². The molecule has 2 aromatic carbocycles. The zero-order valence-electron chi connectivity index (χ0n) is 13.8. The standard InChI is InChI=1S/C19H22O3S/c1-4-14-11-12-15(13-23-16-9-7-6-8-10-16)17(18(14)21-3)19(20)22-5-2/h6-12H,4-5,13H2,1-3H3. The lowest BCUT2D eigenvalue weighted by Crippen LogP contribution is -2.11. The SMILES string of the molecule is CCOC(=O)c1c(CSc2ccccc2)ccc(CC)c1OC. The highest BCUT2D eigenvalue weighted by Gasteiger charge is 2.21. The summed E-state index contributed by atoms with van der Waals surface area (Å²) in [5, 5.41) is 0. The van der Waals surface area contributed by atoms with Crippen molar-refractivity contribution in [3.05, 3.63) is 59.2 Å². The highest BCUT2D eigenvalue weighted by Crippen LogP contribution is 2.32. The Morgan fingerprint density at radius 3 is 2.35 bits per heavy atom. The van der Waals surface area contributed by atoms with Gasteiger partial charge in [-0.2, -0.15) is 0 Å². The van der Waals surface area contributed by atoms with Gasteiger partial charge in [-0.05, 0) is 36.6 Å². The molecule has 23 heavy (non-hydrogen) atoms. The number of carbonyl (C=O) groups is 1. The number of methoxy groups -OCH3 is 1. The van der Waals surface area contributed by atoms with Gasteiger partial charge in [0, 0.05) is 10.6 Å². The van der Waals surface area contributed by atoms with Crippen LogP contribution in [0.4, 0.5) is 0 Å². The Hall–Kier alpha value is -1.94. The zero-order chi connectivity index (χ0) is 16.7. The first kappa shape index (κ1) is 17.4. The van der Waals surface area contributed by atoms with Crippen LogP contribution in [0, 0.1) is 0 Å². The molecule has 0 aromatic heterocycles. The maximum atomic E-state index is 12.4. The summed E-state index contributed by atoms with van der Waals surface area (Å²) in [6.45, 7) is 4.21. The molecule has 0 bridgehead atoms. The minimum absolute atomic E-state index is 0.316. The Morgan fingerprint density at radius 2 is 1.74 bits per heavy atom. The molecule has 4 heteroatoms. The second-order valence-electron chi connectivity index (χ2n) is 4.97. The molecule has 0 atom stereocenters. The second-order valence-corrected chi connectivity index (χ2v) is 6.02. The number of hydrogen-bond acceptors (Lipinski definition) is 4. The lowest BCUT2D eigenvalue weighted by atomic mass is 10.0. The number of hydrogen-bond donors (Lipinski definition) is 0. The average Bonchev–Trinajstić information content (AvgIpc) is 2.60. The summed E-state index contributed by atoms with van der Waals surface area (Å²) in [7, 11) is 1.60. The van der Waals surface area contributed by atoms with E-state index in [-0.39, 0.29) is 5.97 Å². The number of thioether (sulfide) groups is 1. The fraction of sp³-hybridized carbons (Fsp3) is 0.316. The van der Waals surface area contributed by atoms with Gasteiger partial charge < -0.3 is 9.47 Å². The van der Waals surface area contributed by atoms with Crippen LogP contribution in [0.25, 0.3) is 0 Å². The molecule has 2 aromatic rings. The first-order chi connectivity index (χ1) is 11.2. The van der Waals surface area contributed by atoms with Gasteiger partial charge in [0.1, 0.15) is 11.3 Å². The number of carbonyl (C=O) groups excluding carboxylic acids is 1. The van der Waals surface area contributed by atoms with Gasteiger partial charge in [-0.3, -0.25) is 0 Å². The number of benzene rings is 2. The predicted octanol–water partition coefficient (Wildman–Crippen LogP) is 4.73. The molecule has 0 saturated heterocycles. The second kappa shape index (κ2) is 8.63. The van der Waals surface area contributed by atoms with E-state index < -0.39 is 0 Å². The largest absolute Gasteiger partial charge is 0.496 e. The summed E-state index contributed by atoms with van der Waals surface area (Å²) in [4.78, 5) is 13.6. The van der Waals surface area contributed by atoms with Gasteiger partial charge in [-0.25, -0.2) is 4.79 Å². The van der Waals surface area contributed by atoms with E-state index in [0.717, 1.165) is 17.5 Å². The Labute approximate surface area is 142 Å². The zero-order valence-corrected chi connectivity index (χ0v) is 14.6. The summed E-state index contributed by atoms with van der Waals surface area (Å²) in [5.74, 6) is 1.01. The van der Waals surface area contributed by atoms with Gasteiger partial charge in [-0.15, -0.1) is 11.8 Å². The van der Waals surface area contributed by atoms with Gasteiger partial charge in [0.15, 0.2) is 0 Å². The summed E-state index contributed by atoms with van der Waals surface area (Å²) < 4.78 is 10.8. The maximum absolute atomic E-state index is 12.4. The molecule has 122 valence electrons. The molecule has 0 amide bonds. The van der Waals surface area contributed by atoms with E-state index >= 15 is 0 Å². The Morgan fingerprint density at radius 1 is 1.04 bits per heavy atom. The van der Waals surface area contributed by atoms with Gasteiger partial charge in [0.25, 0.3) is 0 Å². The number of rotatable bonds is 7. The van der Waals surface area contributed by atoms with Crippen molar-refractivity contribution in [2.45, 2.75) is 30.9 Å². The number of esters is 1. The van der Waals surface area contributed by atoms with Gasteiger partial charge in [0.2, 0.25) is 0 Å². The van der Waals surface area contributed by atoms with Crippen molar-refractivity contribution in [1.82, 2.24) is 0 Å². The molecular weight excluding hydrogens is 308 g/mol. The number of ether oxygens (including phenoxy) is 2. The summed E-state index contributed by atoms with van der Waals surface area (Å²) in [6.07, 6.45) is 0.807. The fourth-order valence-electron chi connectivity index (χ4n) is 2.40. The van der Waals surface area contributed by atoms with E-state index in [9.17, 15) is 4.79 Å². The normalized spacial score (nSPS) is 10.4. The van der Waals surface area contributed by atoms with Crippen LogP contribution in [0.1, 0.15) is 35.3 Å². The van der Waals surface area contributed by atoms with Gasteiger partial charge >= 0.3 is 5.97 Å². The lowest BCUT2D eigenvalue weighted by Gasteiger charge is -2.16. The van der Waals surface area contributed by atoms with Crippen LogP contribution in [0.3, 0.4) is 0 Å². The van der Waals surface area contributed by atoms with Crippen LogP contribution in [-0.2, 0) is 16.9 Å². The highest BCUT2D eigenvalue weighted by atomic mass is 32.2. The van der Waals surface area contributed by atoms with E-state index in [1.807, 2.05) is 44.2 Å². The van der Waals surface area contributed by atoms with E-state index in [0.29, 0.717) is 23.7 Å². The average molecular weight is 330 g/mol. The Bertz CT molecular complexity index is 653. The molecule has 0 N–H and O–H groups in total. The molecule has 0 radical (unpaired) electrons. The van der Waals surface area contributed by atoms with Crippen molar-refractivity contribution in [2.75, 3.05) is 13.7 Å². The molecule has 3 nitrogen and oxygen atoms in total. The topological polar surface area (TPSA) is 35.5 Å². The molecule has 0 aliphatic carbocycles. The van der Waals surface area contributed by atoms with Crippen LogP contribution in [0.15, 0.2) is 47.4 Å². The molecule has 0 aliphatic rings. The molecular formula is C19H22O3S. The first-order valence-corrected chi connectivity index (χ1v) is 8.73. The third kappa shape index (κ3) is 4.29. The van der Waals surface area contributed by atoms with Crippen molar-refractivity contribution in [1.29, 1.82) is 0 Å². The van der Waals surface area contributed by atoms with E-state index in [1.54, 1.807) is 18.9 Å². The highest BCUT2D eigenvalue weighted by molar-refractivity contribution is 7.98. The fourth-order valence-corrected chi connectivity index (χ4v) is 3.32. The molecule has 0 fully saturated rings. The van der Waals surface area contributed by atoms with E-state index in [4.69, 9.17) is 9.47 Å². The van der Waals surface area contributed by atoms with Crippen molar-refractivity contribution in [3.8, 4) is 5.75 Å². The van der Waals surface area contributed by atoms with E-state index in [2.05, 4.69) is 12.1 Å². The summed E-state index contributed by atoms with van der Waals surface area (Å²) >= 11 is 1.69. The third-order valence-electron chi connectivity index (χ3n) is 3.53. The first-order valence-electron chi connectivity index (χ1n) is 7.74. The smallest absolute Gasteiger partial charge is 0.342 e. The minimum Gasteiger partial charge on any atom is -0.496 e. The van der Waals surface area contributed by atoms with Crippen molar-refractivity contribution < 1.29 is 14.3 Å². The molecule has 0 spiro atoms. The van der Waals surface area contributed by atoms with Gasteiger partial charge in [0.05, 0.1) is 13.7 Å². The van der Waals surface area contributed by atoms with Crippen LogP contribution >= 0.6 is 11.8 Å². The molecule has 0 aliphatic heterocycles. The van der Waals surface area contributed by atoms with Gasteiger partial charge in [-0.1, -0.05) is 37.3 Å². The molecule has 0 heterocycles. The molecule has 0 saturated carbocycles. The summed E-state index contributed by atoms with van der Waals surface area (Å²) in [5.41, 5.74) is 2.51. The number of aryl methyl sites for hydroxylation is 1. The Kier molecular flexibility index (Phi) is 6.53. The predicted molar refractivity (Wildman–Crippen MR) is 94.3 cm³/mol. The monoisotopic (exact) mass is 330 g/mol. The molecule has 0 unspecified atom stereocenters. The minimum atomic E-state index is -0.316. The van der Waals surface area contributed by atoms with Crippen LogP contribution in [-0.4, -0.2) is 19.7 Å². The van der Waals surface area contributed by atoms with Crippen molar-refractivity contribution >= 4 is 17.7 Å². The third-order valence-corrected chi connectivity index (χ3v) is 4.59. The molecule has 2 rings (SSSR count). The van der Waals surface area contributed by atoms with E-state index in [1.165, 1.54) is 4.90 Å². The van der Waals surface area contributed by atoms with Crippen LogP contribution in [0.2, 0.25) is 0 Å².